The fourth-order valence-electron chi connectivity index (χ4n) is 3.41. The molecule has 5 nitrogen and oxygen atoms in total. The number of ether oxygens (including phenoxy) is 1. The van der Waals surface area contributed by atoms with Crippen LogP contribution in [0.25, 0.3) is 22.5 Å². The lowest BCUT2D eigenvalue weighted by Crippen LogP contribution is -2.05. The van der Waals surface area contributed by atoms with Crippen LogP contribution in [-0.4, -0.2) is 21.6 Å². The lowest BCUT2D eigenvalue weighted by Gasteiger charge is -2.02. The predicted octanol–water partition coefficient (Wildman–Crippen LogP) is 5.33. The van der Waals surface area contributed by atoms with Crippen LogP contribution in [0, 0.1) is 6.92 Å². The smallest absolute Gasteiger partial charge is 0.363 e. The number of carbonyl (C=O) groups is 1. The van der Waals surface area contributed by atoms with Gasteiger partial charge >= 0.3 is 5.97 Å². The molecule has 1 aliphatic rings. The van der Waals surface area contributed by atoms with Crippen LogP contribution in [0.5, 0.6) is 0 Å². The molecule has 0 fully saturated rings. The van der Waals surface area contributed by atoms with Gasteiger partial charge in [-0.3, -0.25) is 0 Å². The summed E-state index contributed by atoms with van der Waals surface area (Å²) in [6.45, 7) is 1.84. The van der Waals surface area contributed by atoms with Gasteiger partial charge < -0.3 is 4.74 Å². The van der Waals surface area contributed by atoms with Crippen LogP contribution < -0.4 is 0 Å². The number of rotatable bonds is 3. The third-order valence-electron chi connectivity index (χ3n) is 4.95. The summed E-state index contributed by atoms with van der Waals surface area (Å²) in [5, 5.41) is 7.07. The van der Waals surface area contributed by atoms with Crippen molar-refractivity contribution in [3.05, 3.63) is 100 Å². The number of cyclic esters (lactones) is 1. The summed E-state index contributed by atoms with van der Waals surface area (Å²) in [5.41, 5.74) is 3.10. The molecular formula is C24H16ClN3O2. The summed E-state index contributed by atoms with van der Waals surface area (Å²) >= 11 is 6.56. The molecule has 4 aromatic rings. The van der Waals surface area contributed by atoms with Gasteiger partial charge in [0.1, 0.15) is 5.15 Å². The van der Waals surface area contributed by atoms with Crippen LogP contribution in [0.1, 0.15) is 16.8 Å². The molecule has 30 heavy (non-hydrogen) atoms. The number of aryl methyl sites for hydroxylation is 1. The Hall–Kier alpha value is -3.70. The molecule has 5 rings (SSSR count). The topological polar surface area (TPSA) is 56.5 Å². The van der Waals surface area contributed by atoms with Gasteiger partial charge in [-0.2, -0.15) is 5.10 Å². The number of esters is 1. The second kappa shape index (κ2) is 7.28. The van der Waals surface area contributed by atoms with Gasteiger partial charge in [0.25, 0.3) is 0 Å². The normalized spacial score (nSPS) is 14.9. The zero-order valence-electron chi connectivity index (χ0n) is 16.0. The molecular weight excluding hydrogens is 398 g/mol. The lowest BCUT2D eigenvalue weighted by atomic mass is 10.1. The molecule has 1 aliphatic heterocycles. The van der Waals surface area contributed by atoms with Crippen LogP contribution >= 0.6 is 11.6 Å². The van der Waals surface area contributed by atoms with Crippen molar-refractivity contribution in [2.24, 2.45) is 4.99 Å². The molecule has 0 N–H and O–H groups in total. The molecule has 0 spiro atoms. The van der Waals surface area contributed by atoms with Crippen LogP contribution in [0.2, 0.25) is 5.15 Å². The predicted molar refractivity (Wildman–Crippen MR) is 118 cm³/mol. The van der Waals surface area contributed by atoms with Crippen molar-refractivity contribution in [1.29, 1.82) is 0 Å². The molecule has 0 amide bonds. The maximum Gasteiger partial charge on any atom is 0.363 e. The number of para-hydroxylation sites is 1. The van der Waals surface area contributed by atoms with E-state index < -0.39 is 5.97 Å². The Morgan fingerprint density at radius 1 is 0.967 bits per heavy atom. The number of halogens is 1. The van der Waals surface area contributed by atoms with E-state index in [2.05, 4.69) is 10.1 Å². The van der Waals surface area contributed by atoms with E-state index in [0.29, 0.717) is 16.4 Å². The molecule has 0 aliphatic carbocycles. The number of aliphatic imine (C=N–C) groups is 1. The van der Waals surface area contributed by atoms with Gasteiger partial charge in [0, 0.05) is 11.1 Å². The highest BCUT2D eigenvalue weighted by Crippen LogP contribution is 2.28. The second-order valence-corrected chi connectivity index (χ2v) is 7.29. The minimum Gasteiger partial charge on any atom is -0.402 e. The zero-order chi connectivity index (χ0) is 20.7. The van der Waals surface area contributed by atoms with Gasteiger partial charge in [-0.15, -0.1) is 0 Å². The highest BCUT2D eigenvalue weighted by molar-refractivity contribution is 6.31. The van der Waals surface area contributed by atoms with Crippen LogP contribution in [0.3, 0.4) is 0 Å². The third-order valence-corrected chi connectivity index (χ3v) is 5.31. The summed E-state index contributed by atoms with van der Waals surface area (Å²) in [5.74, 6) is -0.234. The van der Waals surface area contributed by atoms with Crippen molar-refractivity contribution >= 4 is 40.3 Å². The van der Waals surface area contributed by atoms with Gasteiger partial charge in [-0.25, -0.2) is 14.5 Å². The number of aromatic nitrogens is 2. The van der Waals surface area contributed by atoms with E-state index in [-0.39, 0.29) is 11.6 Å². The van der Waals surface area contributed by atoms with Crippen LogP contribution in [-0.2, 0) is 9.53 Å². The fraction of sp³-hybridized carbons (Fsp3) is 0.0417. The number of benzene rings is 3. The quantitative estimate of drug-likeness (QED) is 0.337. The molecule has 3 aromatic carbocycles. The number of fused-ring (bicyclic) bond motifs is 1. The van der Waals surface area contributed by atoms with E-state index in [0.717, 1.165) is 22.0 Å². The average Bonchev–Trinajstić information content (AvgIpc) is 3.28. The highest BCUT2D eigenvalue weighted by atomic mass is 35.5. The molecule has 0 saturated carbocycles. The minimum atomic E-state index is -0.513. The van der Waals surface area contributed by atoms with Crippen molar-refractivity contribution in [3.8, 4) is 5.69 Å². The Balaban J connectivity index is 1.53. The SMILES string of the molecule is Cc1nn(-c2ccccc2)c(Cl)c1C=C1N=C(c2ccc3ccccc3c2)OC1=O. The number of nitrogens with zero attached hydrogens (tertiary/aromatic N) is 3. The standard InChI is InChI=1S/C24H16ClN3O2/c1-15-20(22(25)28(27-15)19-9-3-2-4-10-19)14-21-24(29)30-23(26-21)18-12-11-16-7-5-6-8-17(16)13-18/h2-14H,1H3. The van der Waals surface area contributed by atoms with E-state index in [1.165, 1.54) is 0 Å². The Morgan fingerprint density at radius 2 is 1.70 bits per heavy atom. The maximum atomic E-state index is 12.4. The van der Waals surface area contributed by atoms with Gasteiger partial charge in [0.05, 0.1) is 11.4 Å². The molecule has 2 heterocycles. The van der Waals surface area contributed by atoms with Gasteiger partial charge in [0.15, 0.2) is 5.70 Å². The largest absolute Gasteiger partial charge is 0.402 e. The van der Waals surface area contributed by atoms with Crippen LogP contribution in [0.15, 0.2) is 83.5 Å². The van der Waals surface area contributed by atoms with Gasteiger partial charge in [-0.1, -0.05) is 60.1 Å². The average molecular weight is 414 g/mol. The summed E-state index contributed by atoms with van der Waals surface area (Å²) < 4.78 is 7.06. The molecule has 1 aromatic heterocycles. The van der Waals surface area contributed by atoms with Crippen molar-refractivity contribution in [3.63, 3.8) is 0 Å². The Bertz CT molecular complexity index is 1350. The third kappa shape index (κ3) is 3.19. The first-order valence-electron chi connectivity index (χ1n) is 9.42. The number of hydrogen-bond acceptors (Lipinski definition) is 4. The van der Waals surface area contributed by atoms with Gasteiger partial charge in [0.2, 0.25) is 5.90 Å². The van der Waals surface area contributed by atoms with E-state index in [9.17, 15) is 4.79 Å². The molecule has 0 saturated heterocycles. The van der Waals surface area contributed by atoms with E-state index in [4.69, 9.17) is 16.3 Å². The number of hydrogen-bond donors (Lipinski definition) is 0. The first-order valence-corrected chi connectivity index (χ1v) is 9.80. The first-order chi connectivity index (χ1) is 14.6. The number of carbonyl (C=O) groups excluding carboxylic acids is 1. The maximum absolute atomic E-state index is 12.4. The minimum absolute atomic E-state index is 0.191. The van der Waals surface area contributed by atoms with Crippen molar-refractivity contribution < 1.29 is 9.53 Å². The van der Waals surface area contributed by atoms with Gasteiger partial charge in [-0.05, 0) is 48.0 Å². The Labute approximate surface area is 177 Å². The van der Waals surface area contributed by atoms with Crippen LogP contribution in [0.4, 0.5) is 0 Å². The van der Waals surface area contributed by atoms with E-state index in [1.54, 1.807) is 10.8 Å². The van der Waals surface area contributed by atoms with Crippen molar-refractivity contribution in [2.75, 3.05) is 0 Å². The fourth-order valence-corrected chi connectivity index (χ4v) is 3.73. The van der Waals surface area contributed by atoms with E-state index in [1.807, 2.05) is 79.7 Å². The van der Waals surface area contributed by atoms with Crippen molar-refractivity contribution in [2.45, 2.75) is 6.92 Å². The van der Waals surface area contributed by atoms with Crippen molar-refractivity contribution in [1.82, 2.24) is 9.78 Å². The summed E-state index contributed by atoms with van der Waals surface area (Å²) in [6.07, 6.45) is 1.63. The summed E-state index contributed by atoms with van der Waals surface area (Å²) in [7, 11) is 0. The summed E-state index contributed by atoms with van der Waals surface area (Å²) in [4.78, 5) is 16.9. The lowest BCUT2D eigenvalue weighted by molar-refractivity contribution is -0.129. The molecule has 0 bridgehead atoms. The second-order valence-electron chi connectivity index (χ2n) is 6.94. The summed E-state index contributed by atoms with van der Waals surface area (Å²) in [6, 6.07) is 23.4. The molecule has 0 atom stereocenters. The molecule has 6 heteroatoms. The van der Waals surface area contributed by atoms with E-state index >= 15 is 0 Å². The molecule has 146 valence electrons. The highest BCUT2D eigenvalue weighted by Gasteiger charge is 2.26. The monoisotopic (exact) mass is 413 g/mol. The Morgan fingerprint density at radius 3 is 2.50 bits per heavy atom. The molecule has 0 radical (unpaired) electrons. The Kier molecular flexibility index (Phi) is 4.45. The zero-order valence-corrected chi connectivity index (χ0v) is 16.8. The first kappa shape index (κ1) is 18.3. The molecule has 0 unspecified atom stereocenters.